The first kappa shape index (κ1) is 11.8. The summed E-state index contributed by atoms with van der Waals surface area (Å²) in [6.07, 6.45) is -0.728. The number of rotatable bonds is 4. The van der Waals surface area contributed by atoms with E-state index < -0.39 is 6.10 Å². The van der Waals surface area contributed by atoms with E-state index in [0.29, 0.717) is 17.1 Å². The van der Waals surface area contributed by atoms with Gasteiger partial charge in [0.2, 0.25) is 0 Å². The van der Waals surface area contributed by atoms with Gasteiger partial charge in [0, 0.05) is 12.1 Å². The molecule has 0 fully saturated rings. The number of hydrogen-bond donors (Lipinski definition) is 2. The van der Waals surface area contributed by atoms with Gasteiger partial charge in [-0.15, -0.1) is 0 Å². The molecule has 0 saturated heterocycles. The van der Waals surface area contributed by atoms with Gasteiger partial charge in [-0.1, -0.05) is 0 Å². The Bertz CT molecular complexity index is 339. The molecule has 1 aromatic carbocycles. The summed E-state index contributed by atoms with van der Waals surface area (Å²) in [6.45, 7) is 2.05. The number of aliphatic hydroxyl groups is 1. The number of aliphatic hydroxyl groups excluding tert-OH is 1. The lowest BCUT2D eigenvalue weighted by molar-refractivity contribution is 0.181. The number of nitrogens with two attached hydrogens (primary N) is 1. The van der Waals surface area contributed by atoms with Crippen LogP contribution in [0.1, 0.15) is 17.2 Å². The SMILES string of the molecule is COc1cc(C)c(OC)c(C(O)CN)c1. The molecule has 3 N–H and O–H groups in total. The fourth-order valence-corrected chi connectivity index (χ4v) is 1.54. The quantitative estimate of drug-likeness (QED) is 0.780. The Balaban J connectivity index is 3.25. The van der Waals surface area contributed by atoms with Crippen LogP contribution in [0.3, 0.4) is 0 Å². The molecule has 0 amide bonds. The first-order valence-corrected chi connectivity index (χ1v) is 4.74. The van der Waals surface area contributed by atoms with Crippen molar-refractivity contribution in [2.24, 2.45) is 5.73 Å². The van der Waals surface area contributed by atoms with Crippen LogP contribution in [0.4, 0.5) is 0 Å². The molecular formula is C11H17NO3. The number of hydrogen-bond acceptors (Lipinski definition) is 4. The third-order valence-corrected chi connectivity index (χ3v) is 2.30. The van der Waals surface area contributed by atoms with E-state index in [2.05, 4.69) is 0 Å². The molecule has 0 aliphatic carbocycles. The van der Waals surface area contributed by atoms with Crippen molar-refractivity contribution in [2.45, 2.75) is 13.0 Å². The van der Waals surface area contributed by atoms with Gasteiger partial charge in [0.1, 0.15) is 11.5 Å². The van der Waals surface area contributed by atoms with Crippen molar-refractivity contribution in [3.63, 3.8) is 0 Å². The second kappa shape index (κ2) is 5.00. The second-order valence-corrected chi connectivity index (χ2v) is 3.32. The van der Waals surface area contributed by atoms with Gasteiger partial charge in [0.25, 0.3) is 0 Å². The summed E-state index contributed by atoms with van der Waals surface area (Å²) in [5.41, 5.74) is 7.00. The maximum atomic E-state index is 9.73. The van der Waals surface area contributed by atoms with Crippen LogP contribution in [-0.4, -0.2) is 25.9 Å². The zero-order valence-corrected chi connectivity index (χ0v) is 9.28. The van der Waals surface area contributed by atoms with E-state index in [1.165, 1.54) is 0 Å². The normalized spacial score (nSPS) is 12.3. The average Bonchev–Trinajstić information content (AvgIpc) is 2.26. The van der Waals surface area contributed by atoms with E-state index >= 15 is 0 Å². The van der Waals surface area contributed by atoms with Gasteiger partial charge in [-0.05, 0) is 24.6 Å². The Morgan fingerprint density at radius 2 is 2.00 bits per heavy atom. The highest BCUT2D eigenvalue weighted by molar-refractivity contribution is 5.47. The predicted molar refractivity (Wildman–Crippen MR) is 58.3 cm³/mol. The molecule has 0 aromatic heterocycles. The number of ether oxygens (including phenoxy) is 2. The zero-order chi connectivity index (χ0) is 11.4. The molecular weight excluding hydrogens is 194 g/mol. The molecule has 0 bridgehead atoms. The Hall–Kier alpha value is -1.26. The molecule has 4 heteroatoms. The third-order valence-electron chi connectivity index (χ3n) is 2.30. The van der Waals surface area contributed by atoms with Crippen LogP contribution in [-0.2, 0) is 0 Å². The maximum Gasteiger partial charge on any atom is 0.127 e. The Labute approximate surface area is 89.6 Å². The van der Waals surface area contributed by atoms with Crippen LogP contribution in [0.2, 0.25) is 0 Å². The molecule has 1 unspecified atom stereocenters. The van der Waals surface area contributed by atoms with Crippen molar-refractivity contribution in [2.75, 3.05) is 20.8 Å². The highest BCUT2D eigenvalue weighted by Gasteiger charge is 2.15. The largest absolute Gasteiger partial charge is 0.497 e. The molecule has 84 valence electrons. The third kappa shape index (κ3) is 2.40. The van der Waals surface area contributed by atoms with Gasteiger partial charge < -0.3 is 20.3 Å². The van der Waals surface area contributed by atoms with Crippen molar-refractivity contribution < 1.29 is 14.6 Å². The highest BCUT2D eigenvalue weighted by atomic mass is 16.5. The van der Waals surface area contributed by atoms with Gasteiger partial charge >= 0.3 is 0 Å². The van der Waals surface area contributed by atoms with Crippen LogP contribution >= 0.6 is 0 Å². The summed E-state index contributed by atoms with van der Waals surface area (Å²) >= 11 is 0. The van der Waals surface area contributed by atoms with E-state index in [-0.39, 0.29) is 6.54 Å². The van der Waals surface area contributed by atoms with E-state index in [0.717, 1.165) is 5.56 Å². The topological polar surface area (TPSA) is 64.7 Å². The minimum Gasteiger partial charge on any atom is -0.497 e. The molecule has 1 aromatic rings. The van der Waals surface area contributed by atoms with Crippen LogP contribution in [0, 0.1) is 6.92 Å². The summed E-state index contributed by atoms with van der Waals surface area (Å²) in [4.78, 5) is 0. The number of benzene rings is 1. The summed E-state index contributed by atoms with van der Waals surface area (Å²) < 4.78 is 10.3. The van der Waals surface area contributed by atoms with Gasteiger partial charge in [-0.3, -0.25) is 0 Å². The lowest BCUT2D eigenvalue weighted by Crippen LogP contribution is -2.13. The standard InChI is InChI=1S/C11H17NO3/c1-7-4-8(14-2)5-9(10(13)6-12)11(7)15-3/h4-5,10,13H,6,12H2,1-3H3. The van der Waals surface area contributed by atoms with Crippen molar-refractivity contribution in [1.29, 1.82) is 0 Å². The first-order chi connectivity index (χ1) is 7.13. The maximum absolute atomic E-state index is 9.73. The molecule has 0 heterocycles. The number of aryl methyl sites for hydroxylation is 1. The molecule has 4 nitrogen and oxygen atoms in total. The van der Waals surface area contributed by atoms with E-state index in [1.54, 1.807) is 20.3 Å². The molecule has 0 radical (unpaired) electrons. The van der Waals surface area contributed by atoms with Gasteiger partial charge in [0.05, 0.1) is 20.3 Å². The molecule has 1 atom stereocenters. The molecule has 0 spiro atoms. The molecule has 0 saturated carbocycles. The molecule has 1 rings (SSSR count). The van der Waals surface area contributed by atoms with Gasteiger partial charge in [-0.2, -0.15) is 0 Å². The lowest BCUT2D eigenvalue weighted by Gasteiger charge is -2.16. The summed E-state index contributed by atoms with van der Waals surface area (Å²) in [5, 5.41) is 9.73. The molecule has 0 aliphatic rings. The van der Waals surface area contributed by atoms with Crippen molar-refractivity contribution in [1.82, 2.24) is 0 Å². The summed E-state index contributed by atoms with van der Waals surface area (Å²) in [5.74, 6) is 1.35. The zero-order valence-electron chi connectivity index (χ0n) is 9.28. The van der Waals surface area contributed by atoms with Crippen LogP contribution in [0.15, 0.2) is 12.1 Å². The summed E-state index contributed by atoms with van der Waals surface area (Å²) in [6, 6.07) is 3.59. The molecule has 0 aliphatic heterocycles. The van der Waals surface area contributed by atoms with Crippen LogP contribution in [0.5, 0.6) is 11.5 Å². The van der Waals surface area contributed by atoms with E-state index in [1.807, 2.05) is 13.0 Å². The van der Waals surface area contributed by atoms with Crippen molar-refractivity contribution >= 4 is 0 Å². The van der Waals surface area contributed by atoms with Crippen LogP contribution < -0.4 is 15.2 Å². The minimum absolute atomic E-state index is 0.156. The fourth-order valence-electron chi connectivity index (χ4n) is 1.54. The Morgan fingerprint density at radius 1 is 1.33 bits per heavy atom. The van der Waals surface area contributed by atoms with E-state index in [9.17, 15) is 5.11 Å². The summed E-state index contributed by atoms with van der Waals surface area (Å²) in [7, 11) is 3.15. The van der Waals surface area contributed by atoms with Crippen molar-refractivity contribution in [3.8, 4) is 11.5 Å². The predicted octanol–water partition coefficient (Wildman–Crippen LogP) is 1.00. The fraction of sp³-hybridized carbons (Fsp3) is 0.455. The number of methoxy groups -OCH3 is 2. The average molecular weight is 211 g/mol. The molecule has 15 heavy (non-hydrogen) atoms. The first-order valence-electron chi connectivity index (χ1n) is 4.74. The highest BCUT2D eigenvalue weighted by Crippen LogP contribution is 2.32. The second-order valence-electron chi connectivity index (χ2n) is 3.32. The van der Waals surface area contributed by atoms with Crippen LogP contribution in [0.25, 0.3) is 0 Å². The Morgan fingerprint density at radius 3 is 2.47 bits per heavy atom. The van der Waals surface area contributed by atoms with Gasteiger partial charge in [-0.25, -0.2) is 0 Å². The van der Waals surface area contributed by atoms with E-state index in [4.69, 9.17) is 15.2 Å². The van der Waals surface area contributed by atoms with Crippen molar-refractivity contribution in [3.05, 3.63) is 23.3 Å². The monoisotopic (exact) mass is 211 g/mol. The Kier molecular flexibility index (Phi) is 3.94. The van der Waals surface area contributed by atoms with Gasteiger partial charge in [0.15, 0.2) is 0 Å². The smallest absolute Gasteiger partial charge is 0.127 e. The lowest BCUT2D eigenvalue weighted by atomic mass is 10.0. The minimum atomic E-state index is -0.728.